The first-order chi connectivity index (χ1) is 8.96. The first-order valence-corrected chi connectivity index (χ1v) is 8.13. The number of likely N-dealkylation sites (tertiary alicyclic amines) is 1. The number of carboxylic acid groups (broad SMARTS) is 1. The lowest BCUT2D eigenvalue weighted by atomic mass is 9.76. The minimum absolute atomic E-state index is 0.0378. The highest BCUT2D eigenvalue weighted by Gasteiger charge is 2.41. The lowest BCUT2D eigenvalue weighted by molar-refractivity contribution is -0.154. The predicted octanol–water partition coefficient (Wildman–Crippen LogP) is 1.17. The molecule has 1 aliphatic heterocycles. The maximum Gasteiger partial charge on any atom is 0.309 e. The van der Waals surface area contributed by atoms with Crippen LogP contribution in [0.2, 0.25) is 0 Å². The summed E-state index contributed by atoms with van der Waals surface area (Å²) in [7, 11) is 0. The van der Waals surface area contributed by atoms with E-state index in [-0.39, 0.29) is 5.91 Å². The number of piperidine rings is 1. The molecule has 1 saturated heterocycles. The van der Waals surface area contributed by atoms with Crippen molar-refractivity contribution >= 4 is 23.6 Å². The Morgan fingerprint density at radius 2 is 2.00 bits per heavy atom. The van der Waals surface area contributed by atoms with Crippen LogP contribution in [0.3, 0.4) is 0 Å². The van der Waals surface area contributed by atoms with Crippen molar-refractivity contribution < 1.29 is 14.7 Å². The Labute approximate surface area is 118 Å². The molecule has 0 bridgehead atoms. The second-order valence-corrected chi connectivity index (χ2v) is 6.14. The third kappa shape index (κ3) is 3.86. The van der Waals surface area contributed by atoms with Gasteiger partial charge in [-0.3, -0.25) is 9.59 Å². The van der Waals surface area contributed by atoms with Crippen LogP contribution in [0.25, 0.3) is 0 Å². The fraction of sp³-hybridized carbons (Fsp3) is 0.846. The average molecular weight is 288 g/mol. The van der Waals surface area contributed by atoms with E-state index < -0.39 is 17.4 Å². The molecule has 0 spiro atoms. The summed E-state index contributed by atoms with van der Waals surface area (Å²) in [5, 5.41) is 9.31. The Balaban J connectivity index is 2.53. The molecule has 6 heteroatoms. The summed E-state index contributed by atoms with van der Waals surface area (Å²) < 4.78 is 0. The second kappa shape index (κ2) is 7.14. The van der Waals surface area contributed by atoms with Crippen LogP contribution in [0.4, 0.5) is 0 Å². The number of carboxylic acids is 1. The molecule has 1 amide bonds. The highest BCUT2D eigenvalue weighted by molar-refractivity contribution is 7.98. The monoisotopic (exact) mass is 288 g/mol. The number of hydrogen-bond donors (Lipinski definition) is 2. The topological polar surface area (TPSA) is 83.6 Å². The molecule has 0 aliphatic carbocycles. The number of nitrogens with two attached hydrogens (primary N) is 1. The SMILES string of the molecule is CCC1(C(=O)O)CCN(C(=O)[C@@H](N)CCSC)CC1. The second-order valence-electron chi connectivity index (χ2n) is 5.15. The standard InChI is InChI=1S/C13H24N2O3S/c1-3-13(12(17)18)5-7-15(8-6-13)11(16)10(14)4-9-19-2/h10H,3-9,14H2,1-2H3,(H,17,18)/t10-/m0/s1. The summed E-state index contributed by atoms with van der Waals surface area (Å²) in [6, 6.07) is -0.452. The zero-order valence-electron chi connectivity index (χ0n) is 11.7. The minimum Gasteiger partial charge on any atom is -0.481 e. The van der Waals surface area contributed by atoms with E-state index in [0.29, 0.717) is 38.8 Å². The average Bonchev–Trinajstić information content (AvgIpc) is 2.43. The molecule has 110 valence electrons. The summed E-state index contributed by atoms with van der Waals surface area (Å²) in [5.41, 5.74) is 5.22. The van der Waals surface area contributed by atoms with Crippen LogP contribution in [-0.4, -0.2) is 53.0 Å². The van der Waals surface area contributed by atoms with E-state index in [0.717, 1.165) is 5.75 Å². The van der Waals surface area contributed by atoms with Gasteiger partial charge in [-0.2, -0.15) is 11.8 Å². The quantitative estimate of drug-likeness (QED) is 0.766. The fourth-order valence-corrected chi connectivity index (χ4v) is 2.97. The van der Waals surface area contributed by atoms with E-state index in [2.05, 4.69) is 0 Å². The number of aliphatic carboxylic acids is 1. The van der Waals surface area contributed by atoms with Gasteiger partial charge in [0.1, 0.15) is 0 Å². The molecule has 1 rings (SSSR count). The van der Waals surface area contributed by atoms with Gasteiger partial charge >= 0.3 is 5.97 Å². The highest BCUT2D eigenvalue weighted by atomic mass is 32.2. The Morgan fingerprint density at radius 1 is 1.42 bits per heavy atom. The van der Waals surface area contributed by atoms with Gasteiger partial charge < -0.3 is 15.7 Å². The van der Waals surface area contributed by atoms with Crippen molar-refractivity contribution in [3.63, 3.8) is 0 Å². The maximum absolute atomic E-state index is 12.1. The molecule has 0 radical (unpaired) electrons. The van der Waals surface area contributed by atoms with E-state index >= 15 is 0 Å². The lowest BCUT2D eigenvalue weighted by Gasteiger charge is -2.39. The third-order valence-electron chi connectivity index (χ3n) is 4.11. The van der Waals surface area contributed by atoms with Gasteiger partial charge in [0.25, 0.3) is 0 Å². The van der Waals surface area contributed by atoms with Crippen molar-refractivity contribution in [2.45, 2.75) is 38.6 Å². The maximum atomic E-state index is 12.1. The number of amides is 1. The summed E-state index contributed by atoms with van der Waals surface area (Å²) in [6.45, 7) is 2.91. The van der Waals surface area contributed by atoms with Gasteiger partial charge in [0.15, 0.2) is 0 Å². The number of carbonyl (C=O) groups excluding carboxylic acids is 1. The lowest BCUT2D eigenvalue weighted by Crippen LogP contribution is -2.51. The molecule has 19 heavy (non-hydrogen) atoms. The number of nitrogens with zero attached hydrogens (tertiary/aromatic N) is 1. The van der Waals surface area contributed by atoms with Crippen LogP contribution in [0, 0.1) is 5.41 Å². The summed E-state index contributed by atoms with van der Waals surface area (Å²) in [4.78, 5) is 25.2. The molecular formula is C13H24N2O3S. The molecule has 0 aromatic heterocycles. The van der Waals surface area contributed by atoms with Crippen molar-refractivity contribution in [1.82, 2.24) is 4.90 Å². The fourth-order valence-electron chi connectivity index (χ4n) is 2.48. The molecule has 1 heterocycles. The van der Waals surface area contributed by atoms with Crippen molar-refractivity contribution in [3.8, 4) is 0 Å². The largest absolute Gasteiger partial charge is 0.481 e. The van der Waals surface area contributed by atoms with Crippen molar-refractivity contribution in [3.05, 3.63) is 0 Å². The molecule has 1 atom stereocenters. The van der Waals surface area contributed by atoms with Gasteiger partial charge in [-0.05, 0) is 37.7 Å². The van der Waals surface area contributed by atoms with Crippen LogP contribution in [0.1, 0.15) is 32.6 Å². The Bertz CT molecular complexity index is 328. The molecule has 3 N–H and O–H groups in total. The van der Waals surface area contributed by atoms with Gasteiger partial charge in [0.05, 0.1) is 11.5 Å². The Morgan fingerprint density at radius 3 is 2.42 bits per heavy atom. The Kier molecular flexibility index (Phi) is 6.13. The van der Waals surface area contributed by atoms with E-state index in [1.807, 2.05) is 13.2 Å². The summed E-state index contributed by atoms with van der Waals surface area (Å²) >= 11 is 1.67. The number of thioether (sulfide) groups is 1. The molecule has 0 aromatic rings. The third-order valence-corrected chi connectivity index (χ3v) is 4.76. The van der Waals surface area contributed by atoms with Crippen molar-refractivity contribution in [1.29, 1.82) is 0 Å². The van der Waals surface area contributed by atoms with Gasteiger partial charge in [-0.1, -0.05) is 6.92 Å². The predicted molar refractivity (Wildman–Crippen MR) is 77.1 cm³/mol. The highest BCUT2D eigenvalue weighted by Crippen LogP contribution is 2.35. The number of hydrogen-bond acceptors (Lipinski definition) is 4. The number of rotatable bonds is 6. The van der Waals surface area contributed by atoms with E-state index in [1.165, 1.54) is 0 Å². The molecule has 0 aromatic carbocycles. The minimum atomic E-state index is -0.742. The van der Waals surface area contributed by atoms with Gasteiger partial charge in [-0.25, -0.2) is 0 Å². The van der Waals surface area contributed by atoms with Crippen LogP contribution in [0.15, 0.2) is 0 Å². The summed E-state index contributed by atoms with van der Waals surface area (Å²) in [5.74, 6) is 0.0901. The smallest absolute Gasteiger partial charge is 0.309 e. The van der Waals surface area contributed by atoms with Crippen LogP contribution >= 0.6 is 11.8 Å². The summed E-state index contributed by atoms with van der Waals surface area (Å²) in [6.07, 6.45) is 4.33. The van der Waals surface area contributed by atoms with Crippen LogP contribution in [-0.2, 0) is 9.59 Å². The molecule has 0 saturated carbocycles. The van der Waals surface area contributed by atoms with Gasteiger partial charge in [0, 0.05) is 13.1 Å². The molecule has 5 nitrogen and oxygen atoms in total. The first kappa shape index (κ1) is 16.3. The van der Waals surface area contributed by atoms with Gasteiger partial charge in [-0.15, -0.1) is 0 Å². The van der Waals surface area contributed by atoms with Crippen molar-refractivity contribution in [2.24, 2.45) is 11.1 Å². The number of carbonyl (C=O) groups is 2. The van der Waals surface area contributed by atoms with E-state index in [9.17, 15) is 14.7 Å². The van der Waals surface area contributed by atoms with Crippen molar-refractivity contribution in [2.75, 3.05) is 25.1 Å². The normalized spacial score (nSPS) is 20.1. The van der Waals surface area contributed by atoms with Crippen LogP contribution < -0.4 is 5.73 Å². The van der Waals surface area contributed by atoms with E-state index in [1.54, 1.807) is 16.7 Å². The molecule has 1 fully saturated rings. The first-order valence-electron chi connectivity index (χ1n) is 6.73. The Hall–Kier alpha value is -0.750. The van der Waals surface area contributed by atoms with Gasteiger partial charge in [0.2, 0.25) is 5.91 Å². The molecule has 0 unspecified atom stereocenters. The zero-order valence-corrected chi connectivity index (χ0v) is 12.5. The molecule has 1 aliphatic rings. The van der Waals surface area contributed by atoms with Crippen LogP contribution in [0.5, 0.6) is 0 Å². The zero-order chi connectivity index (χ0) is 14.5. The van der Waals surface area contributed by atoms with E-state index in [4.69, 9.17) is 5.73 Å². The molecular weight excluding hydrogens is 264 g/mol.